The van der Waals surface area contributed by atoms with Gasteiger partial charge < -0.3 is 14.8 Å². The smallest absolute Gasteiger partial charge is 0.196 e. The number of aliphatic hydroxyl groups is 1. The van der Waals surface area contributed by atoms with Crippen molar-refractivity contribution in [2.24, 2.45) is 0 Å². The molecule has 0 aliphatic rings. The number of nitrogens with zero attached hydrogens (tertiary/aromatic N) is 2. The molecule has 0 aliphatic heterocycles. The van der Waals surface area contributed by atoms with Gasteiger partial charge in [0.05, 0.1) is 12.6 Å². The summed E-state index contributed by atoms with van der Waals surface area (Å²) >= 11 is 3.28. The molecule has 0 spiro atoms. The van der Waals surface area contributed by atoms with Crippen LogP contribution < -0.4 is 5.32 Å². The standard InChI is InChI=1S/C14H12BrN3O2/c15-12-6-10-13(20-12)14(17-8-16-10)18-11(7-19)9-4-2-1-3-5-9/h1-6,8,11,19H,7H2,(H,16,17,18)/t11-/m1/s1. The van der Waals surface area contributed by atoms with Gasteiger partial charge in [-0.3, -0.25) is 0 Å². The van der Waals surface area contributed by atoms with E-state index in [1.807, 2.05) is 30.3 Å². The molecule has 2 N–H and O–H groups in total. The van der Waals surface area contributed by atoms with Crippen LogP contribution in [0.25, 0.3) is 11.1 Å². The second kappa shape index (κ2) is 5.60. The molecule has 3 aromatic rings. The Morgan fingerprint density at radius 2 is 2.05 bits per heavy atom. The SMILES string of the molecule is OC[C@@H](Nc1ncnc2cc(Br)oc12)c1ccccc1. The lowest BCUT2D eigenvalue weighted by molar-refractivity contribution is 0.276. The van der Waals surface area contributed by atoms with Crippen LogP contribution in [-0.4, -0.2) is 21.7 Å². The molecule has 5 nitrogen and oxygen atoms in total. The second-order valence-electron chi connectivity index (χ2n) is 4.28. The van der Waals surface area contributed by atoms with Crippen molar-refractivity contribution in [1.29, 1.82) is 0 Å². The molecule has 6 heteroatoms. The Kier molecular flexibility index (Phi) is 3.66. The third-order valence-corrected chi connectivity index (χ3v) is 3.37. The van der Waals surface area contributed by atoms with Gasteiger partial charge in [-0.15, -0.1) is 0 Å². The van der Waals surface area contributed by atoms with E-state index in [1.54, 1.807) is 6.07 Å². The molecule has 2 heterocycles. The molecule has 1 aromatic carbocycles. The van der Waals surface area contributed by atoms with Gasteiger partial charge in [0, 0.05) is 6.07 Å². The molecule has 3 rings (SSSR count). The number of hydrogen-bond donors (Lipinski definition) is 2. The minimum absolute atomic E-state index is 0.0443. The van der Waals surface area contributed by atoms with E-state index in [0.717, 1.165) is 5.56 Å². The van der Waals surface area contributed by atoms with Crippen molar-refractivity contribution in [3.8, 4) is 0 Å². The molecule has 102 valence electrons. The molecule has 0 saturated heterocycles. The lowest BCUT2D eigenvalue weighted by Gasteiger charge is -2.17. The number of aliphatic hydroxyl groups excluding tert-OH is 1. The van der Waals surface area contributed by atoms with Crippen molar-refractivity contribution in [2.75, 3.05) is 11.9 Å². The Hall–Kier alpha value is -1.92. The van der Waals surface area contributed by atoms with Crippen LogP contribution in [-0.2, 0) is 0 Å². The normalized spacial score (nSPS) is 12.5. The molecule has 1 atom stereocenters. The van der Waals surface area contributed by atoms with Gasteiger partial charge in [-0.2, -0.15) is 0 Å². The molecular weight excluding hydrogens is 322 g/mol. The predicted octanol–water partition coefficient (Wildman–Crippen LogP) is 3.13. The van der Waals surface area contributed by atoms with Crippen LogP contribution in [0.2, 0.25) is 0 Å². The highest BCUT2D eigenvalue weighted by Crippen LogP contribution is 2.28. The van der Waals surface area contributed by atoms with E-state index in [1.165, 1.54) is 6.33 Å². The summed E-state index contributed by atoms with van der Waals surface area (Å²) in [5.74, 6) is 0.559. The third kappa shape index (κ3) is 2.52. The summed E-state index contributed by atoms with van der Waals surface area (Å²) in [5.41, 5.74) is 2.25. The molecule has 0 saturated carbocycles. The fourth-order valence-corrected chi connectivity index (χ4v) is 2.39. The summed E-state index contributed by atoms with van der Waals surface area (Å²) in [6, 6.07) is 11.2. The van der Waals surface area contributed by atoms with Gasteiger partial charge in [0.25, 0.3) is 0 Å². The van der Waals surface area contributed by atoms with Gasteiger partial charge in [0.15, 0.2) is 16.1 Å². The highest BCUT2D eigenvalue weighted by Gasteiger charge is 2.15. The van der Waals surface area contributed by atoms with Crippen molar-refractivity contribution in [2.45, 2.75) is 6.04 Å². The molecule has 0 unspecified atom stereocenters. The van der Waals surface area contributed by atoms with Crippen molar-refractivity contribution in [3.63, 3.8) is 0 Å². The number of fused-ring (bicyclic) bond motifs is 1. The summed E-state index contributed by atoms with van der Waals surface area (Å²) in [4.78, 5) is 8.32. The summed E-state index contributed by atoms with van der Waals surface area (Å²) in [5, 5.41) is 12.8. The van der Waals surface area contributed by atoms with E-state index in [-0.39, 0.29) is 12.6 Å². The van der Waals surface area contributed by atoms with E-state index in [9.17, 15) is 5.11 Å². The van der Waals surface area contributed by atoms with E-state index in [4.69, 9.17) is 4.42 Å². The molecule has 0 amide bonds. The number of nitrogens with one attached hydrogen (secondary N) is 1. The maximum Gasteiger partial charge on any atom is 0.196 e. The van der Waals surface area contributed by atoms with Crippen LogP contribution >= 0.6 is 15.9 Å². The summed E-state index contributed by atoms with van der Waals surface area (Å²) < 4.78 is 6.12. The molecule has 0 aliphatic carbocycles. The quantitative estimate of drug-likeness (QED) is 0.767. The molecular formula is C14H12BrN3O2. The zero-order valence-electron chi connectivity index (χ0n) is 10.5. The van der Waals surface area contributed by atoms with Gasteiger partial charge in [0.1, 0.15) is 11.8 Å². The highest BCUT2D eigenvalue weighted by molar-refractivity contribution is 9.10. The Morgan fingerprint density at radius 1 is 1.25 bits per heavy atom. The minimum Gasteiger partial charge on any atom is -0.444 e. The van der Waals surface area contributed by atoms with Gasteiger partial charge in [-0.05, 0) is 21.5 Å². The van der Waals surface area contributed by atoms with Gasteiger partial charge in [-0.25, -0.2) is 9.97 Å². The van der Waals surface area contributed by atoms with Crippen molar-refractivity contribution in [3.05, 3.63) is 53.0 Å². The topological polar surface area (TPSA) is 71.2 Å². The first-order valence-electron chi connectivity index (χ1n) is 6.10. The van der Waals surface area contributed by atoms with Gasteiger partial charge in [-0.1, -0.05) is 30.3 Å². The summed E-state index contributed by atoms with van der Waals surface area (Å²) in [6.07, 6.45) is 1.46. The van der Waals surface area contributed by atoms with E-state index >= 15 is 0 Å². The number of halogens is 1. The zero-order valence-corrected chi connectivity index (χ0v) is 12.0. The Labute approximate surface area is 123 Å². The van der Waals surface area contributed by atoms with Crippen LogP contribution in [0, 0.1) is 0 Å². The van der Waals surface area contributed by atoms with E-state index in [2.05, 4.69) is 31.2 Å². The average molecular weight is 334 g/mol. The first-order valence-corrected chi connectivity index (χ1v) is 6.89. The number of rotatable bonds is 4. The van der Waals surface area contributed by atoms with Crippen molar-refractivity contribution < 1.29 is 9.52 Å². The highest BCUT2D eigenvalue weighted by atomic mass is 79.9. The van der Waals surface area contributed by atoms with Crippen LogP contribution in [0.3, 0.4) is 0 Å². The molecule has 2 aromatic heterocycles. The fourth-order valence-electron chi connectivity index (χ4n) is 2.01. The number of aromatic nitrogens is 2. The van der Waals surface area contributed by atoms with Crippen LogP contribution in [0.5, 0.6) is 0 Å². The maximum atomic E-state index is 9.57. The summed E-state index contributed by atoms with van der Waals surface area (Å²) in [6.45, 7) is -0.0443. The monoisotopic (exact) mass is 333 g/mol. The second-order valence-corrected chi connectivity index (χ2v) is 5.06. The Balaban J connectivity index is 1.95. The van der Waals surface area contributed by atoms with Gasteiger partial charge in [0.2, 0.25) is 0 Å². The Morgan fingerprint density at radius 3 is 2.80 bits per heavy atom. The third-order valence-electron chi connectivity index (χ3n) is 2.98. The number of anilines is 1. The molecule has 0 bridgehead atoms. The van der Waals surface area contributed by atoms with Crippen molar-refractivity contribution in [1.82, 2.24) is 9.97 Å². The lowest BCUT2D eigenvalue weighted by Crippen LogP contribution is -2.15. The number of hydrogen-bond acceptors (Lipinski definition) is 5. The lowest BCUT2D eigenvalue weighted by atomic mass is 10.1. The molecule has 20 heavy (non-hydrogen) atoms. The largest absolute Gasteiger partial charge is 0.444 e. The first-order chi connectivity index (χ1) is 9.78. The minimum atomic E-state index is -0.252. The first kappa shape index (κ1) is 13.1. The van der Waals surface area contributed by atoms with Crippen LogP contribution in [0.4, 0.5) is 5.82 Å². The summed E-state index contributed by atoms with van der Waals surface area (Å²) in [7, 11) is 0. The number of furan rings is 1. The number of benzene rings is 1. The van der Waals surface area contributed by atoms with Gasteiger partial charge >= 0.3 is 0 Å². The average Bonchev–Trinajstić information content (AvgIpc) is 2.86. The van der Waals surface area contributed by atoms with Crippen LogP contribution in [0.1, 0.15) is 11.6 Å². The van der Waals surface area contributed by atoms with Crippen LogP contribution in [0.15, 0.2) is 51.8 Å². The molecule has 0 radical (unpaired) electrons. The Bertz CT molecular complexity index is 715. The fraction of sp³-hybridized carbons (Fsp3) is 0.143. The predicted molar refractivity (Wildman–Crippen MR) is 79.4 cm³/mol. The van der Waals surface area contributed by atoms with Crippen molar-refractivity contribution >= 4 is 32.8 Å². The van der Waals surface area contributed by atoms with E-state index < -0.39 is 0 Å². The zero-order chi connectivity index (χ0) is 13.9. The molecule has 0 fully saturated rings. The maximum absolute atomic E-state index is 9.57. The van der Waals surface area contributed by atoms with E-state index in [0.29, 0.717) is 21.6 Å².